The zero-order valence-corrected chi connectivity index (χ0v) is 12.2. The van der Waals surface area contributed by atoms with Crippen LogP contribution >= 0.6 is 0 Å². The van der Waals surface area contributed by atoms with E-state index in [1.54, 1.807) is 32.0 Å². The largest absolute Gasteiger partial charge is 0.459 e. The minimum absolute atomic E-state index is 0.215. The van der Waals surface area contributed by atoms with Crippen molar-refractivity contribution >= 4 is 11.9 Å². The Hall–Kier alpha value is -2.69. The number of hydrogen-bond donors (Lipinski definition) is 0. The Morgan fingerprint density at radius 3 is 2.27 bits per heavy atom. The number of esters is 2. The van der Waals surface area contributed by atoms with E-state index in [4.69, 9.17) is 9.47 Å². The second-order valence-electron chi connectivity index (χ2n) is 4.88. The maximum Gasteiger partial charge on any atom is 0.343 e. The topological polar surface area (TPSA) is 52.6 Å². The second-order valence-corrected chi connectivity index (χ2v) is 4.88. The van der Waals surface area contributed by atoms with E-state index < -0.39 is 17.8 Å². The van der Waals surface area contributed by atoms with Crippen molar-refractivity contribution < 1.29 is 23.5 Å². The molecule has 0 atom stereocenters. The summed E-state index contributed by atoms with van der Waals surface area (Å²) in [6.45, 7) is 3.49. The van der Waals surface area contributed by atoms with Gasteiger partial charge < -0.3 is 9.47 Å². The van der Waals surface area contributed by atoms with Crippen LogP contribution in [0.15, 0.2) is 48.5 Å². The molecule has 22 heavy (non-hydrogen) atoms. The lowest BCUT2D eigenvalue weighted by molar-refractivity contribution is 0.0376. The molecule has 0 amide bonds. The minimum Gasteiger partial charge on any atom is -0.459 e. The molecule has 0 spiro atoms. The first-order valence-electron chi connectivity index (χ1n) is 6.74. The van der Waals surface area contributed by atoms with E-state index in [9.17, 15) is 14.0 Å². The molecule has 114 valence electrons. The molecule has 0 aliphatic carbocycles. The average molecular weight is 302 g/mol. The van der Waals surface area contributed by atoms with Gasteiger partial charge in [-0.2, -0.15) is 0 Å². The molecule has 0 bridgehead atoms. The molecule has 0 unspecified atom stereocenters. The molecule has 0 saturated carbocycles. The quantitative estimate of drug-likeness (QED) is 0.639. The zero-order valence-electron chi connectivity index (χ0n) is 12.2. The number of carbonyl (C=O) groups is 2. The van der Waals surface area contributed by atoms with E-state index in [1.807, 2.05) is 0 Å². The molecule has 0 aliphatic rings. The van der Waals surface area contributed by atoms with E-state index in [0.29, 0.717) is 0 Å². The van der Waals surface area contributed by atoms with Crippen molar-refractivity contribution in [2.75, 3.05) is 0 Å². The summed E-state index contributed by atoms with van der Waals surface area (Å²) in [6, 6.07) is 11.1. The Bertz CT molecular complexity index is 677. The van der Waals surface area contributed by atoms with Crippen LogP contribution in [0.3, 0.4) is 0 Å². The molecular weight excluding hydrogens is 287 g/mol. The molecule has 0 heterocycles. The molecule has 0 aliphatic heterocycles. The highest BCUT2D eigenvalue weighted by Crippen LogP contribution is 2.16. The summed E-state index contributed by atoms with van der Waals surface area (Å²) in [7, 11) is 0. The zero-order chi connectivity index (χ0) is 16.1. The molecule has 0 fully saturated rings. The smallest absolute Gasteiger partial charge is 0.343 e. The summed E-state index contributed by atoms with van der Waals surface area (Å²) in [4.78, 5) is 23.7. The van der Waals surface area contributed by atoms with E-state index in [1.165, 1.54) is 30.3 Å². The second kappa shape index (κ2) is 6.85. The Labute approximate surface area is 127 Å². The first-order chi connectivity index (χ1) is 10.5. The summed E-state index contributed by atoms with van der Waals surface area (Å²) in [5.74, 6) is -1.34. The highest BCUT2D eigenvalue weighted by molar-refractivity contribution is 5.92. The molecule has 0 radical (unpaired) electrons. The van der Waals surface area contributed by atoms with E-state index in [2.05, 4.69) is 0 Å². The van der Waals surface area contributed by atoms with Crippen LogP contribution in [0, 0.1) is 5.82 Å². The predicted molar refractivity (Wildman–Crippen MR) is 78.4 cm³/mol. The Morgan fingerprint density at radius 2 is 1.64 bits per heavy atom. The van der Waals surface area contributed by atoms with Crippen molar-refractivity contribution in [1.29, 1.82) is 0 Å². The van der Waals surface area contributed by atoms with Gasteiger partial charge in [0.1, 0.15) is 11.6 Å². The molecule has 0 N–H and O–H groups in total. The van der Waals surface area contributed by atoms with Crippen LogP contribution in [0.2, 0.25) is 0 Å². The molecule has 2 rings (SSSR count). The monoisotopic (exact) mass is 302 g/mol. The van der Waals surface area contributed by atoms with Crippen molar-refractivity contribution in [3.63, 3.8) is 0 Å². The van der Waals surface area contributed by atoms with Crippen molar-refractivity contribution in [3.8, 4) is 5.75 Å². The van der Waals surface area contributed by atoms with Gasteiger partial charge in [-0.05, 0) is 56.3 Å². The van der Waals surface area contributed by atoms with E-state index in [-0.39, 0.29) is 23.0 Å². The Kier molecular flexibility index (Phi) is 4.88. The summed E-state index contributed by atoms with van der Waals surface area (Å²) in [6.07, 6.45) is -0.238. The number of hydrogen-bond acceptors (Lipinski definition) is 4. The average Bonchev–Trinajstić information content (AvgIpc) is 2.47. The van der Waals surface area contributed by atoms with Gasteiger partial charge in [-0.3, -0.25) is 0 Å². The number of halogens is 1. The summed E-state index contributed by atoms with van der Waals surface area (Å²) in [5, 5.41) is 0. The maximum atomic E-state index is 12.8. The van der Waals surface area contributed by atoms with Crippen LogP contribution in [0.5, 0.6) is 5.75 Å². The van der Waals surface area contributed by atoms with Gasteiger partial charge in [0.2, 0.25) is 0 Å². The van der Waals surface area contributed by atoms with Gasteiger partial charge >= 0.3 is 11.9 Å². The molecule has 0 saturated heterocycles. The van der Waals surface area contributed by atoms with Crippen molar-refractivity contribution in [1.82, 2.24) is 0 Å². The van der Waals surface area contributed by atoms with Gasteiger partial charge in [-0.1, -0.05) is 6.07 Å². The van der Waals surface area contributed by atoms with Crippen molar-refractivity contribution in [3.05, 3.63) is 65.5 Å². The fourth-order valence-electron chi connectivity index (χ4n) is 1.72. The van der Waals surface area contributed by atoms with Crippen LogP contribution in [0.4, 0.5) is 4.39 Å². The van der Waals surface area contributed by atoms with Crippen molar-refractivity contribution in [2.24, 2.45) is 0 Å². The van der Waals surface area contributed by atoms with Crippen molar-refractivity contribution in [2.45, 2.75) is 20.0 Å². The minimum atomic E-state index is -0.630. The first-order valence-corrected chi connectivity index (χ1v) is 6.74. The third-order valence-corrected chi connectivity index (χ3v) is 2.70. The van der Waals surface area contributed by atoms with E-state index in [0.717, 1.165) is 0 Å². The van der Waals surface area contributed by atoms with Gasteiger partial charge in [0.05, 0.1) is 17.2 Å². The number of ether oxygens (including phenoxy) is 2. The molecule has 5 heteroatoms. The van der Waals surface area contributed by atoms with Crippen LogP contribution in [0.1, 0.15) is 34.6 Å². The fourth-order valence-corrected chi connectivity index (χ4v) is 1.72. The van der Waals surface area contributed by atoms with Crippen LogP contribution in [0.25, 0.3) is 0 Å². The lowest BCUT2D eigenvalue weighted by Crippen LogP contribution is -2.12. The predicted octanol–water partition coefficient (Wildman–Crippen LogP) is 3.61. The summed E-state index contributed by atoms with van der Waals surface area (Å²) in [5.41, 5.74) is 0.509. The van der Waals surface area contributed by atoms with Crippen LogP contribution in [-0.4, -0.2) is 18.0 Å². The van der Waals surface area contributed by atoms with Gasteiger partial charge in [0, 0.05) is 0 Å². The van der Waals surface area contributed by atoms with Crippen LogP contribution in [-0.2, 0) is 4.74 Å². The SMILES string of the molecule is CC(C)OC(=O)c1cccc(OC(=O)c2ccc(F)cc2)c1. The molecule has 2 aromatic carbocycles. The van der Waals surface area contributed by atoms with Gasteiger partial charge in [0.25, 0.3) is 0 Å². The first kappa shape index (κ1) is 15.7. The summed E-state index contributed by atoms with van der Waals surface area (Å²) >= 11 is 0. The summed E-state index contributed by atoms with van der Waals surface area (Å²) < 4.78 is 23.1. The number of carbonyl (C=O) groups excluding carboxylic acids is 2. The van der Waals surface area contributed by atoms with E-state index >= 15 is 0 Å². The highest BCUT2D eigenvalue weighted by Gasteiger charge is 2.13. The standard InChI is InChI=1S/C17H15FO4/c1-11(2)21-17(20)13-4-3-5-15(10-13)22-16(19)12-6-8-14(18)9-7-12/h3-11H,1-2H3. The normalized spacial score (nSPS) is 10.4. The third kappa shape index (κ3) is 4.15. The lowest BCUT2D eigenvalue weighted by atomic mass is 10.2. The number of benzene rings is 2. The van der Waals surface area contributed by atoms with Gasteiger partial charge in [0.15, 0.2) is 0 Å². The molecular formula is C17H15FO4. The lowest BCUT2D eigenvalue weighted by Gasteiger charge is -2.09. The maximum absolute atomic E-state index is 12.8. The fraction of sp³-hybridized carbons (Fsp3) is 0.176. The molecule has 0 aromatic heterocycles. The molecule has 4 nitrogen and oxygen atoms in total. The van der Waals surface area contributed by atoms with Gasteiger partial charge in [-0.15, -0.1) is 0 Å². The molecule has 2 aromatic rings. The highest BCUT2D eigenvalue weighted by atomic mass is 19.1. The Balaban J connectivity index is 2.11. The Morgan fingerprint density at radius 1 is 0.955 bits per heavy atom. The van der Waals surface area contributed by atoms with Gasteiger partial charge in [-0.25, -0.2) is 14.0 Å². The van der Waals surface area contributed by atoms with Crippen LogP contribution < -0.4 is 4.74 Å². The number of rotatable bonds is 4. The third-order valence-electron chi connectivity index (χ3n) is 2.70.